The third-order valence-corrected chi connectivity index (χ3v) is 1.74. The molecule has 0 unspecified atom stereocenters. The first-order chi connectivity index (χ1) is 7.66. The van der Waals surface area contributed by atoms with Crippen molar-refractivity contribution in [3.63, 3.8) is 0 Å². The van der Waals surface area contributed by atoms with Gasteiger partial charge in [0.25, 0.3) is 0 Å². The first-order valence-electron chi connectivity index (χ1n) is 4.26. The third kappa shape index (κ3) is 13.5. The zero-order chi connectivity index (χ0) is 13.9. The van der Waals surface area contributed by atoms with Crippen LogP contribution in [-0.4, -0.2) is 59.1 Å². The molecule has 0 aromatic carbocycles. The quantitative estimate of drug-likeness (QED) is 0.439. The number of ether oxygens (including phenoxy) is 3. The Kier molecular flexibility index (Phi) is 10.7. The van der Waals surface area contributed by atoms with Crippen LogP contribution in [0.4, 0.5) is 13.2 Å². The molecule has 0 fully saturated rings. The van der Waals surface area contributed by atoms with E-state index in [1.54, 1.807) is 14.2 Å². The van der Waals surface area contributed by atoms with Gasteiger partial charge in [0, 0.05) is 14.2 Å². The molecule has 6 nitrogen and oxygen atoms in total. The van der Waals surface area contributed by atoms with Gasteiger partial charge in [-0.1, -0.05) is 0 Å². The lowest BCUT2D eigenvalue weighted by atomic mass is 10.7. The number of alkyl halides is 3. The monoisotopic (exact) mass is 284 g/mol. The van der Waals surface area contributed by atoms with Gasteiger partial charge in [-0.05, 0) is 0 Å². The van der Waals surface area contributed by atoms with Crippen LogP contribution in [0, 0.1) is 0 Å². The fourth-order valence-corrected chi connectivity index (χ4v) is 0.387. The summed E-state index contributed by atoms with van der Waals surface area (Å²) in [5.41, 5.74) is -5.53. The maximum Gasteiger partial charge on any atom is 0.522 e. The lowest BCUT2D eigenvalue weighted by molar-refractivity contribution is -0.0510. The smallest absolute Gasteiger partial charge is 0.382 e. The Morgan fingerprint density at radius 3 is 1.47 bits per heavy atom. The maximum atomic E-state index is 10.7. The highest BCUT2D eigenvalue weighted by atomic mass is 32.2. The number of rotatable bonds is 6. The summed E-state index contributed by atoms with van der Waals surface area (Å²) in [6.07, 6.45) is 0. The third-order valence-electron chi connectivity index (χ3n) is 1.16. The van der Waals surface area contributed by atoms with E-state index >= 15 is 0 Å². The molecule has 0 aliphatic rings. The number of hydrogen-bond acceptors (Lipinski definition) is 5. The molecule has 0 aromatic rings. The van der Waals surface area contributed by atoms with Crippen molar-refractivity contribution in [1.82, 2.24) is 0 Å². The lowest BCUT2D eigenvalue weighted by Crippen LogP contribution is -2.21. The van der Waals surface area contributed by atoms with E-state index in [0.29, 0.717) is 26.4 Å². The second-order valence-corrected chi connectivity index (χ2v) is 3.93. The summed E-state index contributed by atoms with van der Waals surface area (Å²) in [7, 11) is -2.54. The summed E-state index contributed by atoms with van der Waals surface area (Å²) < 4.78 is 72.1. The van der Waals surface area contributed by atoms with Gasteiger partial charge in [-0.25, -0.2) is 0 Å². The number of methoxy groups -OCH3 is 2. The van der Waals surface area contributed by atoms with E-state index in [2.05, 4.69) is 0 Å². The first kappa shape index (κ1) is 18.9. The zero-order valence-electron chi connectivity index (χ0n) is 9.36. The molecular formula is C7H15F3O6S. The van der Waals surface area contributed by atoms with Crippen LogP contribution in [0.15, 0.2) is 0 Å². The summed E-state index contributed by atoms with van der Waals surface area (Å²) in [4.78, 5) is 0. The Hall–Kier alpha value is -0.420. The summed E-state index contributed by atoms with van der Waals surface area (Å²) in [5.74, 6) is 0. The van der Waals surface area contributed by atoms with Gasteiger partial charge in [0.15, 0.2) is 0 Å². The summed E-state index contributed by atoms with van der Waals surface area (Å²) in [5, 5.41) is 0. The van der Waals surface area contributed by atoms with Crippen LogP contribution in [0.3, 0.4) is 0 Å². The Bertz CT molecular complexity index is 257. The van der Waals surface area contributed by atoms with Crippen molar-refractivity contribution >= 4 is 10.1 Å². The van der Waals surface area contributed by atoms with E-state index in [4.69, 9.17) is 27.2 Å². The average molecular weight is 284 g/mol. The molecule has 0 aliphatic heterocycles. The van der Waals surface area contributed by atoms with Crippen LogP contribution < -0.4 is 0 Å². The summed E-state index contributed by atoms with van der Waals surface area (Å²) in [6, 6.07) is 0. The highest BCUT2D eigenvalue weighted by molar-refractivity contribution is 7.86. The SMILES string of the molecule is COCCOCCOC.O=S(=O)(O)C(F)(F)F. The molecule has 10 heteroatoms. The second-order valence-electron chi connectivity index (χ2n) is 2.52. The minimum absolute atomic E-state index is 0.653. The molecule has 0 rings (SSSR count). The van der Waals surface area contributed by atoms with Crippen LogP contribution in [0.5, 0.6) is 0 Å². The van der Waals surface area contributed by atoms with Gasteiger partial charge >= 0.3 is 15.6 Å². The van der Waals surface area contributed by atoms with Gasteiger partial charge in [-0.15, -0.1) is 0 Å². The Morgan fingerprint density at radius 1 is 1.00 bits per heavy atom. The van der Waals surface area contributed by atoms with E-state index in [9.17, 15) is 13.2 Å². The molecule has 0 amide bonds. The van der Waals surface area contributed by atoms with E-state index in [1.807, 2.05) is 0 Å². The predicted octanol–water partition coefficient (Wildman–Crippen LogP) is 0.690. The molecular weight excluding hydrogens is 269 g/mol. The van der Waals surface area contributed by atoms with Crippen molar-refractivity contribution in [2.24, 2.45) is 0 Å². The first-order valence-corrected chi connectivity index (χ1v) is 5.70. The van der Waals surface area contributed by atoms with Crippen molar-refractivity contribution < 1.29 is 40.4 Å². The molecule has 0 radical (unpaired) electrons. The summed E-state index contributed by atoms with van der Waals surface area (Å²) in [6.45, 7) is 2.62. The molecule has 0 saturated heterocycles. The van der Waals surface area contributed by atoms with Gasteiger partial charge in [-0.2, -0.15) is 21.6 Å². The lowest BCUT2D eigenvalue weighted by Gasteiger charge is -2.00. The van der Waals surface area contributed by atoms with Crippen molar-refractivity contribution in [1.29, 1.82) is 0 Å². The largest absolute Gasteiger partial charge is 0.522 e. The molecule has 0 aromatic heterocycles. The van der Waals surface area contributed by atoms with Gasteiger partial charge < -0.3 is 14.2 Å². The molecule has 106 valence electrons. The molecule has 0 atom stereocenters. The Morgan fingerprint density at radius 2 is 1.29 bits per heavy atom. The van der Waals surface area contributed by atoms with Gasteiger partial charge in [-0.3, -0.25) is 4.55 Å². The van der Waals surface area contributed by atoms with Crippen LogP contribution in [-0.2, 0) is 24.3 Å². The Balaban J connectivity index is 0. The average Bonchev–Trinajstić information content (AvgIpc) is 2.15. The van der Waals surface area contributed by atoms with E-state index in [0.717, 1.165) is 0 Å². The zero-order valence-corrected chi connectivity index (χ0v) is 10.2. The Labute approximate surface area is 97.4 Å². The fraction of sp³-hybridized carbons (Fsp3) is 1.00. The highest BCUT2D eigenvalue weighted by Crippen LogP contribution is 2.20. The predicted molar refractivity (Wildman–Crippen MR) is 52.2 cm³/mol. The highest BCUT2D eigenvalue weighted by Gasteiger charge is 2.44. The van der Waals surface area contributed by atoms with Crippen molar-refractivity contribution in [2.75, 3.05) is 40.6 Å². The van der Waals surface area contributed by atoms with Gasteiger partial charge in [0.1, 0.15) is 0 Å². The fourth-order valence-electron chi connectivity index (χ4n) is 0.387. The molecule has 0 bridgehead atoms. The molecule has 17 heavy (non-hydrogen) atoms. The number of halogens is 3. The molecule has 0 saturated carbocycles. The minimum Gasteiger partial charge on any atom is -0.382 e. The summed E-state index contributed by atoms with van der Waals surface area (Å²) >= 11 is 0. The van der Waals surface area contributed by atoms with Crippen molar-refractivity contribution in [2.45, 2.75) is 5.51 Å². The molecule has 0 heterocycles. The molecule has 0 spiro atoms. The van der Waals surface area contributed by atoms with Gasteiger partial charge in [0.05, 0.1) is 26.4 Å². The van der Waals surface area contributed by atoms with E-state index < -0.39 is 15.6 Å². The normalized spacial score (nSPS) is 11.9. The van der Waals surface area contributed by atoms with E-state index in [-0.39, 0.29) is 0 Å². The molecule has 1 N–H and O–H groups in total. The van der Waals surface area contributed by atoms with Crippen LogP contribution in [0.2, 0.25) is 0 Å². The van der Waals surface area contributed by atoms with Gasteiger partial charge in [0.2, 0.25) is 0 Å². The number of hydrogen-bond donors (Lipinski definition) is 1. The maximum absolute atomic E-state index is 10.7. The van der Waals surface area contributed by atoms with Crippen molar-refractivity contribution in [3.8, 4) is 0 Å². The topological polar surface area (TPSA) is 82.1 Å². The minimum atomic E-state index is -5.84. The van der Waals surface area contributed by atoms with E-state index in [1.165, 1.54) is 0 Å². The molecule has 0 aliphatic carbocycles. The van der Waals surface area contributed by atoms with Crippen molar-refractivity contribution in [3.05, 3.63) is 0 Å². The van der Waals surface area contributed by atoms with Crippen LogP contribution in [0.1, 0.15) is 0 Å². The standard InChI is InChI=1S/C6H14O3.CHF3O3S/c1-7-3-5-9-6-4-8-2;2-1(3,4)8(5,6)7/h3-6H2,1-2H3;(H,5,6,7). The second kappa shape index (κ2) is 9.59. The van der Waals surface area contributed by atoms with Crippen LogP contribution in [0.25, 0.3) is 0 Å². The van der Waals surface area contributed by atoms with Crippen LogP contribution >= 0.6 is 0 Å².